The maximum Gasteiger partial charge on any atom is 0.303 e. The first-order valence-corrected chi connectivity index (χ1v) is 7.64. The zero-order chi connectivity index (χ0) is 16.6. The summed E-state index contributed by atoms with van der Waals surface area (Å²) < 4.78 is 8.11. The van der Waals surface area contributed by atoms with Gasteiger partial charge in [-0.25, -0.2) is 4.58 Å². The number of aryl methyl sites for hydroxylation is 2. The second-order valence-corrected chi connectivity index (χ2v) is 6.05. The number of carboxylic acid groups (broad SMARTS) is 1. The number of hydrogen-bond acceptors (Lipinski definition) is 2. The van der Waals surface area contributed by atoms with Crippen molar-refractivity contribution < 1.29 is 26.7 Å². The molecule has 5 heteroatoms. The lowest BCUT2D eigenvalue weighted by atomic mass is 9.95. The first-order valence-electron chi connectivity index (χ1n) is 7.64. The van der Waals surface area contributed by atoms with Crippen LogP contribution in [-0.2, 0) is 11.2 Å². The molecule has 1 aliphatic carbocycles. The Morgan fingerprint density at radius 1 is 1.17 bits per heavy atom. The van der Waals surface area contributed by atoms with Crippen LogP contribution >= 0.6 is 0 Å². The van der Waals surface area contributed by atoms with Gasteiger partial charge in [0.05, 0.1) is 6.07 Å². The summed E-state index contributed by atoms with van der Waals surface area (Å²) in [5, 5.41) is 11.1. The van der Waals surface area contributed by atoms with Gasteiger partial charge in [0.15, 0.2) is 0 Å². The maximum atomic E-state index is 11.0. The van der Waals surface area contributed by atoms with E-state index in [2.05, 4.69) is 0 Å². The average molecular weight is 346 g/mol. The van der Waals surface area contributed by atoms with Crippen molar-refractivity contribution in [2.75, 3.05) is 14.1 Å². The molecule has 0 bridgehead atoms. The molecule has 0 amide bonds. The third-order valence-corrected chi connectivity index (χ3v) is 4.08. The molecule has 0 aromatic heterocycles. The average Bonchev–Trinajstić information content (AvgIpc) is 2.50. The monoisotopic (exact) mass is 345 g/mol. The minimum Gasteiger partial charge on any atom is -1.00 e. The summed E-state index contributed by atoms with van der Waals surface area (Å²) in [5.41, 5.74) is 3.93. The summed E-state index contributed by atoms with van der Waals surface area (Å²) in [6.07, 6.45) is 0.598. The van der Waals surface area contributed by atoms with Crippen molar-refractivity contribution in [2.24, 2.45) is 0 Å². The largest absolute Gasteiger partial charge is 1.00 e. The van der Waals surface area contributed by atoms with Gasteiger partial charge in [-0.15, -0.1) is 0 Å². The molecule has 1 heterocycles. The first-order chi connectivity index (χ1) is 11.0. The molecule has 0 fully saturated rings. The van der Waals surface area contributed by atoms with E-state index in [1.807, 2.05) is 62.0 Å². The van der Waals surface area contributed by atoms with Crippen molar-refractivity contribution in [1.29, 1.82) is 0 Å². The van der Waals surface area contributed by atoms with Gasteiger partial charge >= 0.3 is 5.97 Å². The fourth-order valence-corrected chi connectivity index (χ4v) is 2.85. The number of carboxylic acids is 1. The van der Waals surface area contributed by atoms with Crippen molar-refractivity contribution in [1.82, 2.24) is 4.58 Å². The summed E-state index contributed by atoms with van der Waals surface area (Å²) in [5.74, 6) is -0.00111. The number of halogens is 1. The smallest absolute Gasteiger partial charge is 0.303 e. The molecule has 3 rings (SSSR count). The Labute approximate surface area is 146 Å². The summed E-state index contributed by atoms with van der Waals surface area (Å²) in [7, 11) is 3.97. The number of nitrogens with zero attached hydrogens (tertiary/aromatic N) is 1. The quantitative estimate of drug-likeness (QED) is 0.533. The Morgan fingerprint density at radius 2 is 1.92 bits per heavy atom. The molecular formula is C19H20ClNO3. The van der Waals surface area contributed by atoms with E-state index in [-0.39, 0.29) is 18.8 Å². The molecule has 2 aliphatic rings. The lowest BCUT2D eigenvalue weighted by Crippen LogP contribution is -3.00. The molecule has 0 atom stereocenters. The van der Waals surface area contributed by atoms with E-state index in [4.69, 9.17) is 9.52 Å². The van der Waals surface area contributed by atoms with Crippen LogP contribution in [0.1, 0.15) is 17.5 Å². The van der Waals surface area contributed by atoms with Gasteiger partial charge < -0.3 is 21.9 Å². The van der Waals surface area contributed by atoms with Crippen LogP contribution in [0.3, 0.4) is 0 Å². The highest BCUT2D eigenvalue weighted by atomic mass is 35.5. The van der Waals surface area contributed by atoms with Crippen LogP contribution < -0.4 is 22.3 Å². The second-order valence-electron chi connectivity index (χ2n) is 6.05. The van der Waals surface area contributed by atoms with E-state index >= 15 is 0 Å². The zero-order valence-electron chi connectivity index (χ0n) is 14.0. The standard InChI is InChI=1S/C19H19NO3.ClH/c1-12-4-6-15-14(8-9-19(21)22)16-7-5-13(20(2)3)11-18(16)23-17(15)10-12;/h4-7,10-11H,8-9H2,1-3H3;1H. The van der Waals surface area contributed by atoms with E-state index in [1.54, 1.807) is 0 Å². The Balaban J connectivity index is 0.00000208. The van der Waals surface area contributed by atoms with Gasteiger partial charge in [0, 0.05) is 23.4 Å². The molecule has 1 N–H and O–H groups in total. The third-order valence-electron chi connectivity index (χ3n) is 4.08. The minimum atomic E-state index is -0.788. The topological polar surface area (TPSA) is 53.4 Å². The van der Waals surface area contributed by atoms with Crippen molar-refractivity contribution in [3.63, 3.8) is 0 Å². The van der Waals surface area contributed by atoms with Crippen LogP contribution in [0.15, 0.2) is 40.8 Å². The van der Waals surface area contributed by atoms with E-state index in [0.29, 0.717) is 6.42 Å². The van der Waals surface area contributed by atoms with E-state index < -0.39 is 5.97 Å². The molecule has 0 radical (unpaired) electrons. The molecule has 0 spiro atoms. The molecule has 0 saturated carbocycles. The van der Waals surface area contributed by atoms with Crippen LogP contribution in [0, 0.1) is 6.92 Å². The van der Waals surface area contributed by atoms with E-state index in [0.717, 1.165) is 38.8 Å². The third kappa shape index (κ3) is 3.44. The Bertz CT molecular complexity index is 939. The van der Waals surface area contributed by atoms with Gasteiger partial charge in [-0.3, -0.25) is 4.79 Å². The van der Waals surface area contributed by atoms with Gasteiger partial charge in [-0.2, -0.15) is 0 Å². The van der Waals surface area contributed by atoms with Gasteiger partial charge in [0.25, 0.3) is 0 Å². The van der Waals surface area contributed by atoms with Crippen molar-refractivity contribution >= 4 is 16.9 Å². The summed E-state index contributed by atoms with van der Waals surface area (Å²) in [6.45, 7) is 2.02. The summed E-state index contributed by atoms with van der Waals surface area (Å²) in [6, 6.07) is 12.1. The highest BCUT2D eigenvalue weighted by Gasteiger charge is 2.17. The van der Waals surface area contributed by atoms with Crippen LogP contribution in [0.5, 0.6) is 0 Å². The molecule has 0 unspecified atom stereocenters. The number of aliphatic carboxylic acids is 1. The van der Waals surface area contributed by atoms with Crippen molar-refractivity contribution in [2.45, 2.75) is 19.8 Å². The predicted octanol–water partition coefficient (Wildman–Crippen LogP) is -0.101. The highest BCUT2D eigenvalue weighted by molar-refractivity contribution is 5.88. The number of rotatable bonds is 3. The Morgan fingerprint density at radius 3 is 2.58 bits per heavy atom. The van der Waals surface area contributed by atoms with Crippen LogP contribution in [0.4, 0.5) is 0 Å². The number of carbonyl (C=O) groups is 1. The molecule has 4 nitrogen and oxygen atoms in total. The SMILES string of the molecule is Cc1ccc2c(CCC(=O)O)c3ccc(=[N+](C)C)cc-3oc2c1.[Cl-]. The lowest BCUT2D eigenvalue weighted by molar-refractivity contribution is -0.136. The normalized spacial score (nSPS) is 10.6. The molecule has 1 aromatic rings. The fraction of sp³-hybridized carbons (Fsp3) is 0.263. The minimum absolute atomic E-state index is 0. The maximum absolute atomic E-state index is 11.0. The molecule has 0 saturated heterocycles. The van der Waals surface area contributed by atoms with E-state index in [9.17, 15) is 4.79 Å². The zero-order valence-corrected chi connectivity index (χ0v) is 14.7. The predicted molar refractivity (Wildman–Crippen MR) is 90.6 cm³/mol. The second kappa shape index (κ2) is 7.05. The van der Waals surface area contributed by atoms with Crippen LogP contribution in [0.2, 0.25) is 0 Å². The van der Waals surface area contributed by atoms with Gasteiger partial charge in [0.1, 0.15) is 25.4 Å². The number of fused-ring (bicyclic) bond motifs is 2. The number of benzene rings is 2. The first kappa shape index (κ1) is 18.0. The summed E-state index contributed by atoms with van der Waals surface area (Å²) >= 11 is 0. The lowest BCUT2D eigenvalue weighted by Gasteiger charge is -2.14. The number of hydrogen-bond donors (Lipinski definition) is 1. The van der Waals surface area contributed by atoms with Crippen molar-refractivity contribution in [3.8, 4) is 11.3 Å². The van der Waals surface area contributed by atoms with E-state index in [1.165, 1.54) is 0 Å². The van der Waals surface area contributed by atoms with Gasteiger partial charge in [-0.1, -0.05) is 12.1 Å². The molecule has 1 aromatic carbocycles. The fourth-order valence-electron chi connectivity index (χ4n) is 2.85. The van der Waals surface area contributed by atoms with Gasteiger partial charge in [-0.05, 0) is 36.6 Å². The van der Waals surface area contributed by atoms with Crippen molar-refractivity contribution in [3.05, 3.63) is 52.9 Å². The molecule has 126 valence electrons. The highest BCUT2D eigenvalue weighted by Crippen LogP contribution is 2.33. The van der Waals surface area contributed by atoms with Crippen LogP contribution in [-0.4, -0.2) is 25.2 Å². The summed E-state index contributed by atoms with van der Waals surface area (Å²) in [4.78, 5) is 11.0. The molecule has 1 aliphatic heterocycles. The van der Waals surface area contributed by atoms with Gasteiger partial charge in [0.2, 0.25) is 5.36 Å². The van der Waals surface area contributed by atoms with Crippen LogP contribution in [0.25, 0.3) is 22.3 Å². The molecule has 24 heavy (non-hydrogen) atoms. The Kier molecular flexibility index (Phi) is 5.30. The Hall–Kier alpha value is -2.33. The molecular weight excluding hydrogens is 326 g/mol.